The fraction of sp³-hybridized carbons (Fsp3) is 0.545. The first-order valence-electron chi connectivity index (χ1n) is 10.4. The van der Waals surface area contributed by atoms with Gasteiger partial charge in [-0.3, -0.25) is 14.6 Å². The van der Waals surface area contributed by atoms with Crippen molar-refractivity contribution >= 4 is 16.9 Å². The Morgan fingerprint density at radius 1 is 1.20 bits per heavy atom. The van der Waals surface area contributed by atoms with Gasteiger partial charge in [0, 0.05) is 57.1 Å². The zero-order chi connectivity index (χ0) is 21.7. The summed E-state index contributed by atoms with van der Waals surface area (Å²) < 4.78 is 10.5. The third kappa shape index (κ3) is 5.19. The molecule has 30 heavy (non-hydrogen) atoms. The van der Waals surface area contributed by atoms with E-state index in [1.807, 2.05) is 6.92 Å². The van der Waals surface area contributed by atoms with Crippen LogP contribution >= 0.6 is 0 Å². The van der Waals surface area contributed by atoms with Gasteiger partial charge in [0.2, 0.25) is 0 Å². The van der Waals surface area contributed by atoms with Crippen LogP contribution in [0.4, 0.5) is 0 Å². The lowest BCUT2D eigenvalue weighted by molar-refractivity contribution is -0.143. The second-order valence-electron chi connectivity index (χ2n) is 7.63. The number of esters is 1. The van der Waals surface area contributed by atoms with Gasteiger partial charge in [0.25, 0.3) is 0 Å². The van der Waals surface area contributed by atoms with Crippen LogP contribution in [0, 0.1) is 6.92 Å². The first kappa shape index (κ1) is 22.3. The zero-order valence-electron chi connectivity index (χ0n) is 17.6. The molecule has 0 aliphatic carbocycles. The summed E-state index contributed by atoms with van der Waals surface area (Å²) in [5.74, 6) is -0.242. The monoisotopic (exact) mass is 418 g/mol. The van der Waals surface area contributed by atoms with Crippen LogP contribution in [0.15, 0.2) is 21.3 Å². The number of phenols is 1. The maximum Gasteiger partial charge on any atom is 0.336 e. The van der Waals surface area contributed by atoms with Crippen molar-refractivity contribution < 1.29 is 24.2 Å². The molecule has 164 valence electrons. The molecule has 0 bridgehead atoms. The summed E-state index contributed by atoms with van der Waals surface area (Å²) >= 11 is 0. The number of carbonyl (C=O) groups excluding carboxylic acids is 1. The average molecular weight is 418 g/mol. The number of nitrogens with zero attached hydrogens (tertiary/aromatic N) is 2. The van der Waals surface area contributed by atoms with Gasteiger partial charge in [-0.25, -0.2) is 4.79 Å². The Morgan fingerprint density at radius 2 is 1.90 bits per heavy atom. The fourth-order valence-corrected chi connectivity index (χ4v) is 3.91. The number of hydrogen-bond acceptors (Lipinski definition) is 8. The summed E-state index contributed by atoms with van der Waals surface area (Å²) in [6, 6.07) is 3.23. The minimum atomic E-state index is -0.451. The van der Waals surface area contributed by atoms with Gasteiger partial charge in [0.05, 0.1) is 18.8 Å². The topological polar surface area (TPSA) is 103 Å². The Morgan fingerprint density at radius 3 is 2.57 bits per heavy atom. The first-order chi connectivity index (χ1) is 14.4. The summed E-state index contributed by atoms with van der Waals surface area (Å²) in [6.07, 6.45) is 0.512. The quantitative estimate of drug-likeness (QED) is 0.490. The van der Waals surface area contributed by atoms with Gasteiger partial charge < -0.3 is 19.4 Å². The number of ether oxygens (including phenoxy) is 1. The predicted octanol–water partition coefficient (Wildman–Crippen LogP) is 1.41. The van der Waals surface area contributed by atoms with E-state index in [0.29, 0.717) is 42.8 Å². The maximum atomic E-state index is 12.0. The lowest BCUT2D eigenvalue weighted by Crippen LogP contribution is -2.46. The number of benzene rings is 1. The standard InChI is InChI=1S/C22H30N2O6/c1-3-29-19(26)5-4-16-13-17-15(2)12-20(27)30-22(17)18(21(16)28)14-24-8-6-23(7-9-24)10-11-25/h12-13,25,28H,3-11,14H2,1-2H3. The van der Waals surface area contributed by atoms with E-state index in [1.54, 1.807) is 13.0 Å². The Balaban J connectivity index is 1.91. The predicted molar refractivity (Wildman–Crippen MR) is 113 cm³/mol. The van der Waals surface area contributed by atoms with E-state index >= 15 is 0 Å². The number of fused-ring (bicyclic) bond motifs is 1. The minimum absolute atomic E-state index is 0.0679. The molecule has 3 rings (SSSR count). The van der Waals surface area contributed by atoms with Gasteiger partial charge in [0.15, 0.2) is 0 Å². The Kier molecular flexibility index (Phi) is 7.47. The van der Waals surface area contributed by atoms with Crippen molar-refractivity contribution in [3.63, 3.8) is 0 Å². The van der Waals surface area contributed by atoms with Crippen LogP contribution in [0.5, 0.6) is 5.75 Å². The minimum Gasteiger partial charge on any atom is -0.507 e. The van der Waals surface area contributed by atoms with E-state index in [9.17, 15) is 14.7 Å². The molecule has 1 saturated heterocycles. The van der Waals surface area contributed by atoms with Crippen molar-refractivity contribution in [2.45, 2.75) is 33.2 Å². The molecule has 1 aromatic heterocycles. The summed E-state index contributed by atoms with van der Waals surface area (Å²) in [7, 11) is 0. The van der Waals surface area contributed by atoms with Gasteiger partial charge in [-0.05, 0) is 37.5 Å². The number of carbonyl (C=O) groups is 1. The van der Waals surface area contributed by atoms with Crippen LogP contribution in [0.3, 0.4) is 0 Å². The van der Waals surface area contributed by atoms with E-state index in [2.05, 4.69) is 9.80 Å². The highest BCUT2D eigenvalue weighted by atomic mass is 16.5. The largest absolute Gasteiger partial charge is 0.507 e. The molecule has 8 nitrogen and oxygen atoms in total. The molecule has 1 aliphatic rings. The molecule has 2 heterocycles. The number of phenolic OH excluding ortho intramolecular Hbond substituents is 1. The van der Waals surface area contributed by atoms with E-state index < -0.39 is 5.63 Å². The molecule has 1 aliphatic heterocycles. The fourth-order valence-electron chi connectivity index (χ4n) is 3.91. The molecule has 0 radical (unpaired) electrons. The summed E-state index contributed by atoms with van der Waals surface area (Å²) in [5.41, 5.74) is 1.93. The molecule has 2 N–H and O–H groups in total. The number of β-amino-alcohol motifs (C(OH)–C–C–N with tert-alkyl or cyclic N) is 1. The normalized spacial score (nSPS) is 15.6. The third-order valence-electron chi connectivity index (χ3n) is 5.56. The van der Waals surface area contributed by atoms with Crippen molar-refractivity contribution in [3.05, 3.63) is 39.2 Å². The molecule has 1 fully saturated rings. The van der Waals surface area contributed by atoms with Gasteiger partial charge >= 0.3 is 11.6 Å². The number of aliphatic hydroxyl groups excluding tert-OH is 1. The summed E-state index contributed by atoms with van der Waals surface area (Å²) in [6.45, 7) is 8.36. The van der Waals surface area contributed by atoms with Crippen LogP contribution in [0.2, 0.25) is 0 Å². The molecule has 8 heteroatoms. The molecule has 0 amide bonds. The van der Waals surface area contributed by atoms with Crippen LogP contribution in [0.25, 0.3) is 11.0 Å². The molecule has 0 saturated carbocycles. The van der Waals surface area contributed by atoms with E-state index in [1.165, 1.54) is 6.07 Å². The van der Waals surface area contributed by atoms with Gasteiger partial charge in [0.1, 0.15) is 11.3 Å². The molecule has 0 unspecified atom stereocenters. The molecular formula is C22H30N2O6. The zero-order valence-corrected chi connectivity index (χ0v) is 17.6. The van der Waals surface area contributed by atoms with Crippen LogP contribution in [-0.4, -0.2) is 71.9 Å². The second kappa shape index (κ2) is 10.1. The Labute approximate surface area is 175 Å². The van der Waals surface area contributed by atoms with Crippen LogP contribution in [-0.2, 0) is 22.5 Å². The van der Waals surface area contributed by atoms with E-state index in [4.69, 9.17) is 14.3 Å². The third-order valence-corrected chi connectivity index (χ3v) is 5.56. The van der Waals surface area contributed by atoms with Gasteiger partial charge in [-0.15, -0.1) is 0 Å². The second-order valence-corrected chi connectivity index (χ2v) is 7.63. The highest BCUT2D eigenvalue weighted by Gasteiger charge is 2.22. The van der Waals surface area contributed by atoms with Crippen molar-refractivity contribution in [3.8, 4) is 5.75 Å². The number of hydrogen-bond donors (Lipinski definition) is 2. The van der Waals surface area contributed by atoms with Crippen molar-refractivity contribution in [1.29, 1.82) is 0 Å². The highest BCUT2D eigenvalue weighted by Crippen LogP contribution is 2.34. The number of aliphatic hydroxyl groups is 1. The summed E-state index contributed by atoms with van der Waals surface area (Å²) in [5, 5.41) is 20.9. The Bertz CT molecular complexity index is 947. The molecule has 2 aromatic rings. The molecule has 0 spiro atoms. The average Bonchev–Trinajstić information content (AvgIpc) is 2.71. The number of aryl methyl sites for hydroxylation is 2. The lowest BCUT2D eigenvalue weighted by atomic mass is 9.98. The lowest BCUT2D eigenvalue weighted by Gasteiger charge is -2.34. The number of aromatic hydroxyl groups is 1. The maximum absolute atomic E-state index is 12.0. The van der Waals surface area contributed by atoms with E-state index in [0.717, 1.165) is 37.1 Å². The van der Waals surface area contributed by atoms with Crippen molar-refractivity contribution in [2.24, 2.45) is 0 Å². The molecular weight excluding hydrogens is 388 g/mol. The van der Waals surface area contributed by atoms with Gasteiger partial charge in [-0.1, -0.05) is 0 Å². The van der Waals surface area contributed by atoms with E-state index in [-0.39, 0.29) is 24.7 Å². The highest BCUT2D eigenvalue weighted by molar-refractivity contribution is 5.86. The molecule has 1 aromatic carbocycles. The van der Waals surface area contributed by atoms with Crippen molar-refractivity contribution in [2.75, 3.05) is 45.9 Å². The smallest absolute Gasteiger partial charge is 0.336 e. The van der Waals surface area contributed by atoms with Crippen LogP contribution < -0.4 is 5.63 Å². The SMILES string of the molecule is CCOC(=O)CCc1cc2c(C)cc(=O)oc2c(CN2CCN(CCO)CC2)c1O. The van der Waals surface area contributed by atoms with Gasteiger partial charge in [-0.2, -0.15) is 0 Å². The molecule has 0 atom stereocenters. The first-order valence-corrected chi connectivity index (χ1v) is 10.4. The number of rotatable bonds is 8. The summed E-state index contributed by atoms with van der Waals surface area (Å²) in [4.78, 5) is 28.2. The Hall–Kier alpha value is -2.42. The van der Waals surface area contributed by atoms with Crippen molar-refractivity contribution in [1.82, 2.24) is 9.80 Å². The number of piperazine rings is 1. The van der Waals surface area contributed by atoms with Crippen LogP contribution in [0.1, 0.15) is 30.0 Å².